The standard InChI is InChI=1S/C38H33N5O6S2/c1-23-31(38(48)49-3)37(51-32(23)36(47)40-27-15-8-5-9-16-27)43-33(44)24(2)50-29-18-10-17-28(21-29)41-35(46)30(20-25-12-11-19-39-22-25)42-34(45)26-13-6-4-7-14-26/h4-22,24H,1-3H3,(H,40,47)(H,41,46)(H,42,45)(H,43,44)/b30-20-. The number of aromatic nitrogens is 1. The summed E-state index contributed by atoms with van der Waals surface area (Å²) in [5.41, 5.74) is 2.51. The van der Waals surface area contributed by atoms with Gasteiger partial charge >= 0.3 is 5.97 Å². The average molecular weight is 720 g/mol. The number of nitrogens with one attached hydrogen (secondary N) is 4. The zero-order chi connectivity index (χ0) is 36.3. The molecule has 51 heavy (non-hydrogen) atoms. The third-order valence-corrected chi connectivity index (χ3v) is 9.61. The highest BCUT2D eigenvalue weighted by Gasteiger charge is 2.28. The fraction of sp³-hybridized carbons (Fsp3) is 0.105. The first-order valence-electron chi connectivity index (χ1n) is 15.6. The number of esters is 1. The Morgan fingerprint density at radius 2 is 1.53 bits per heavy atom. The van der Waals surface area contributed by atoms with Gasteiger partial charge in [0.25, 0.3) is 17.7 Å². The van der Waals surface area contributed by atoms with Gasteiger partial charge < -0.3 is 26.0 Å². The first-order valence-corrected chi connectivity index (χ1v) is 17.3. The maximum atomic E-state index is 13.5. The van der Waals surface area contributed by atoms with E-state index in [2.05, 4.69) is 26.3 Å². The van der Waals surface area contributed by atoms with Crippen LogP contribution in [0.3, 0.4) is 0 Å². The Hall–Kier alpha value is -6.05. The van der Waals surface area contributed by atoms with Crippen LogP contribution < -0.4 is 21.3 Å². The number of thioether (sulfide) groups is 1. The molecule has 2 heterocycles. The molecule has 1 unspecified atom stereocenters. The zero-order valence-electron chi connectivity index (χ0n) is 27.8. The Labute approximate surface area is 302 Å². The number of thiophene rings is 1. The molecule has 0 saturated heterocycles. The number of hydrogen-bond donors (Lipinski definition) is 4. The fourth-order valence-corrected chi connectivity index (χ4v) is 6.78. The molecule has 0 aliphatic rings. The van der Waals surface area contributed by atoms with E-state index >= 15 is 0 Å². The van der Waals surface area contributed by atoms with Crippen LogP contribution in [0.2, 0.25) is 0 Å². The third-order valence-electron chi connectivity index (χ3n) is 7.31. The molecule has 1 atom stereocenters. The predicted octanol–water partition coefficient (Wildman–Crippen LogP) is 7.02. The Morgan fingerprint density at radius 3 is 2.22 bits per heavy atom. The van der Waals surface area contributed by atoms with Crippen LogP contribution in [0.15, 0.2) is 120 Å². The van der Waals surface area contributed by atoms with Crippen LogP contribution in [0.1, 0.15) is 48.4 Å². The molecule has 0 bridgehead atoms. The highest BCUT2D eigenvalue weighted by atomic mass is 32.2. The highest BCUT2D eigenvalue weighted by molar-refractivity contribution is 8.00. The van der Waals surface area contributed by atoms with Crippen molar-refractivity contribution in [3.8, 4) is 0 Å². The van der Waals surface area contributed by atoms with Crippen LogP contribution >= 0.6 is 23.1 Å². The Balaban J connectivity index is 1.29. The molecule has 3 aromatic carbocycles. The van der Waals surface area contributed by atoms with E-state index < -0.39 is 34.8 Å². The van der Waals surface area contributed by atoms with Crippen LogP contribution in [-0.2, 0) is 14.3 Å². The van der Waals surface area contributed by atoms with E-state index in [4.69, 9.17) is 4.74 Å². The second kappa shape index (κ2) is 17.1. The van der Waals surface area contributed by atoms with E-state index in [9.17, 15) is 24.0 Å². The van der Waals surface area contributed by atoms with Crippen LogP contribution in [-0.4, -0.2) is 46.9 Å². The van der Waals surface area contributed by atoms with Crippen molar-refractivity contribution in [3.05, 3.63) is 142 Å². The van der Waals surface area contributed by atoms with Gasteiger partial charge in [-0.1, -0.05) is 48.5 Å². The van der Waals surface area contributed by atoms with E-state index in [1.807, 2.05) is 6.07 Å². The van der Waals surface area contributed by atoms with Crippen molar-refractivity contribution in [2.45, 2.75) is 24.0 Å². The van der Waals surface area contributed by atoms with E-state index in [1.54, 1.807) is 117 Å². The van der Waals surface area contributed by atoms with Crippen molar-refractivity contribution in [1.82, 2.24) is 10.3 Å². The van der Waals surface area contributed by atoms with E-state index in [1.165, 1.54) is 24.9 Å². The second-order valence-corrected chi connectivity index (χ2v) is 13.4. The molecule has 4 amide bonds. The van der Waals surface area contributed by atoms with Crippen LogP contribution in [0.5, 0.6) is 0 Å². The number of anilines is 3. The summed E-state index contributed by atoms with van der Waals surface area (Å²) < 4.78 is 4.96. The van der Waals surface area contributed by atoms with E-state index in [0.29, 0.717) is 33.0 Å². The Morgan fingerprint density at radius 1 is 0.824 bits per heavy atom. The lowest BCUT2D eigenvalue weighted by atomic mass is 10.1. The number of para-hydroxylation sites is 1. The van der Waals surface area contributed by atoms with Gasteiger partial charge in [-0.05, 0) is 79.6 Å². The number of methoxy groups -OCH3 is 1. The lowest BCUT2D eigenvalue weighted by Gasteiger charge is -2.14. The largest absolute Gasteiger partial charge is 0.465 e. The fourth-order valence-electron chi connectivity index (χ4n) is 4.76. The molecule has 0 fully saturated rings. The zero-order valence-corrected chi connectivity index (χ0v) is 29.4. The topological polar surface area (TPSA) is 156 Å². The van der Waals surface area contributed by atoms with Crippen molar-refractivity contribution in [3.63, 3.8) is 0 Å². The van der Waals surface area contributed by atoms with Crippen molar-refractivity contribution >= 4 is 75.1 Å². The summed E-state index contributed by atoms with van der Waals surface area (Å²) in [7, 11) is 1.23. The summed E-state index contributed by atoms with van der Waals surface area (Å²) in [5.74, 6) is -2.54. The SMILES string of the molecule is COC(=O)c1c(NC(=O)C(C)Sc2cccc(NC(=O)/C(=C/c3cccnc3)NC(=O)c3ccccc3)c2)sc(C(=O)Nc2ccccc2)c1C. The molecule has 4 N–H and O–H groups in total. The molecule has 0 radical (unpaired) electrons. The van der Waals surface area contributed by atoms with E-state index in [-0.39, 0.29) is 21.1 Å². The number of carbonyl (C=O) groups is 5. The Kier molecular flexibility index (Phi) is 12.1. The molecule has 5 rings (SSSR count). The first-order chi connectivity index (χ1) is 24.6. The summed E-state index contributed by atoms with van der Waals surface area (Å²) in [4.78, 5) is 70.7. The number of ether oxygens (including phenoxy) is 1. The van der Waals surface area contributed by atoms with Crippen LogP contribution in [0, 0.1) is 6.92 Å². The lowest BCUT2D eigenvalue weighted by molar-refractivity contribution is -0.115. The number of amides is 4. The third kappa shape index (κ3) is 9.56. The number of nitrogens with zero attached hydrogens (tertiary/aromatic N) is 1. The Bertz CT molecular complexity index is 2090. The molecule has 0 aliphatic heterocycles. The molecular weight excluding hydrogens is 687 g/mol. The van der Waals surface area contributed by atoms with Crippen LogP contribution in [0.25, 0.3) is 6.08 Å². The van der Waals surface area contributed by atoms with Gasteiger partial charge in [0.2, 0.25) is 5.91 Å². The second-order valence-electron chi connectivity index (χ2n) is 11.0. The maximum absolute atomic E-state index is 13.5. The normalized spacial score (nSPS) is 11.5. The lowest BCUT2D eigenvalue weighted by Crippen LogP contribution is -2.30. The van der Waals surface area contributed by atoms with Crippen LogP contribution in [0.4, 0.5) is 16.4 Å². The molecule has 0 spiro atoms. The van der Waals surface area contributed by atoms with Crippen molar-refractivity contribution < 1.29 is 28.7 Å². The number of rotatable bonds is 12. The van der Waals surface area contributed by atoms with Crippen molar-refractivity contribution in [2.75, 3.05) is 23.1 Å². The first kappa shape index (κ1) is 36.2. The summed E-state index contributed by atoms with van der Waals surface area (Å²) in [6, 6.07) is 27.8. The van der Waals surface area contributed by atoms with Gasteiger partial charge in [0, 0.05) is 34.2 Å². The molecule has 0 saturated carbocycles. The molecule has 258 valence electrons. The van der Waals surface area contributed by atoms with Crippen molar-refractivity contribution in [2.24, 2.45) is 0 Å². The van der Waals surface area contributed by atoms with Gasteiger partial charge in [0.1, 0.15) is 10.7 Å². The molecular formula is C38H33N5O6S2. The number of hydrogen-bond acceptors (Lipinski definition) is 9. The van der Waals surface area contributed by atoms with Gasteiger partial charge in [0.15, 0.2) is 0 Å². The summed E-state index contributed by atoms with van der Waals surface area (Å²) in [5, 5.41) is 10.7. The van der Waals surface area contributed by atoms with Gasteiger partial charge in [-0.15, -0.1) is 23.1 Å². The maximum Gasteiger partial charge on any atom is 0.341 e. The van der Waals surface area contributed by atoms with Gasteiger partial charge in [-0.3, -0.25) is 24.2 Å². The van der Waals surface area contributed by atoms with Gasteiger partial charge in [-0.25, -0.2) is 4.79 Å². The molecule has 13 heteroatoms. The minimum atomic E-state index is -0.682. The number of carbonyl (C=O) groups excluding carboxylic acids is 5. The van der Waals surface area contributed by atoms with Crippen molar-refractivity contribution in [1.29, 1.82) is 0 Å². The minimum Gasteiger partial charge on any atom is -0.465 e. The average Bonchev–Trinajstić information content (AvgIpc) is 3.47. The monoisotopic (exact) mass is 719 g/mol. The van der Waals surface area contributed by atoms with Gasteiger partial charge in [-0.2, -0.15) is 0 Å². The van der Waals surface area contributed by atoms with Gasteiger partial charge in [0.05, 0.1) is 22.8 Å². The minimum absolute atomic E-state index is 0.00660. The quantitative estimate of drug-likeness (QED) is 0.0609. The number of pyridine rings is 1. The highest BCUT2D eigenvalue weighted by Crippen LogP contribution is 2.35. The smallest absolute Gasteiger partial charge is 0.341 e. The predicted molar refractivity (Wildman–Crippen MR) is 200 cm³/mol. The molecule has 0 aliphatic carbocycles. The summed E-state index contributed by atoms with van der Waals surface area (Å²) in [6.45, 7) is 3.32. The summed E-state index contributed by atoms with van der Waals surface area (Å²) in [6.07, 6.45) is 4.70. The molecule has 11 nitrogen and oxygen atoms in total. The molecule has 5 aromatic rings. The summed E-state index contributed by atoms with van der Waals surface area (Å²) >= 11 is 2.21. The number of benzene rings is 3. The van der Waals surface area contributed by atoms with E-state index in [0.717, 1.165) is 11.3 Å². The molecule has 2 aromatic heterocycles.